The molecule has 1 aliphatic heterocycles. The van der Waals surface area contributed by atoms with Gasteiger partial charge in [-0.3, -0.25) is 4.98 Å². The van der Waals surface area contributed by atoms with Gasteiger partial charge >= 0.3 is 18.7 Å². The van der Waals surface area contributed by atoms with Gasteiger partial charge in [0.15, 0.2) is 0 Å². The van der Waals surface area contributed by atoms with E-state index in [0.29, 0.717) is 16.9 Å². The lowest BCUT2D eigenvalue weighted by Gasteiger charge is -2.45. The molecule has 0 bridgehead atoms. The molecule has 4 nitrogen and oxygen atoms in total. The third-order valence-corrected chi connectivity index (χ3v) is 5.90. The minimum Gasteiger partial charge on any atom is -0.406 e. The van der Waals surface area contributed by atoms with Crippen molar-refractivity contribution in [1.82, 2.24) is 4.98 Å². The number of hydrogen-bond donors (Lipinski definition) is 0. The number of alkyl halides is 9. The molecule has 0 saturated heterocycles. The van der Waals surface area contributed by atoms with Crippen molar-refractivity contribution < 1.29 is 44.3 Å². The first-order valence-electron chi connectivity index (χ1n) is 11.2. The minimum absolute atomic E-state index is 0.0340. The molecule has 0 amide bonds. The van der Waals surface area contributed by atoms with Crippen molar-refractivity contribution >= 4 is 11.4 Å². The van der Waals surface area contributed by atoms with Crippen LogP contribution in [0, 0.1) is 0 Å². The average molecular weight is 549 g/mol. The molecule has 0 spiro atoms. The maximum absolute atomic E-state index is 13.2. The second-order valence-electron chi connectivity index (χ2n) is 8.61. The van der Waals surface area contributed by atoms with Crippen molar-refractivity contribution in [3.63, 3.8) is 0 Å². The van der Waals surface area contributed by atoms with E-state index in [-0.39, 0.29) is 18.7 Å². The number of anilines is 2. The highest BCUT2D eigenvalue weighted by atomic mass is 19.4. The van der Waals surface area contributed by atoms with E-state index < -0.39 is 49.2 Å². The van der Waals surface area contributed by atoms with Crippen LogP contribution < -0.4 is 14.5 Å². The number of aromatic nitrogens is 1. The Kier molecular flexibility index (Phi) is 7.39. The first-order valence-corrected chi connectivity index (χ1v) is 11.2. The second-order valence-corrected chi connectivity index (χ2v) is 8.61. The van der Waals surface area contributed by atoms with Crippen LogP contribution in [0.25, 0.3) is 0 Å². The van der Waals surface area contributed by atoms with E-state index in [1.165, 1.54) is 23.1 Å². The molecule has 1 aliphatic rings. The average Bonchev–Trinajstić information content (AvgIpc) is 2.81. The highest BCUT2D eigenvalue weighted by molar-refractivity contribution is 5.74. The molecule has 0 N–H and O–H groups in total. The highest BCUT2D eigenvalue weighted by Crippen LogP contribution is 2.42. The number of fused-ring (bicyclic) bond motifs is 1. The maximum Gasteiger partial charge on any atom is 0.573 e. The lowest BCUT2D eigenvalue weighted by Crippen LogP contribution is -2.44. The molecule has 2 heterocycles. The molecular weight excluding hydrogens is 529 g/mol. The van der Waals surface area contributed by atoms with E-state index in [9.17, 15) is 39.5 Å². The fourth-order valence-corrected chi connectivity index (χ4v) is 4.34. The highest BCUT2D eigenvalue weighted by Gasteiger charge is 2.37. The third kappa shape index (κ3) is 6.81. The fraction of sp³-hybridized carbons (Fsp3) is 0.320. The molecule has 4 rings (SSSR count). The van der Waals surface area contributed by atoms with Crippen LogP contribution in [0.1, 0.15) is 29.3 Å². The van der Waals surface area contributed by atoms with Crippen LogP contribution in [0.4, 0.5) is 50.9 Å². The number of pyridine rings is 1. The fourth-order valence-electron chi connectivity index (χ4n) is 4.34. The smallest absolute Gasteiger partial charge is 0.406 e. The number of para-hydroxylation sites is 2. The van der Waals surface area contributed by atoms with E-state index in [1.54, 1.807) is 35.2 Å². The number of benzene rings is 2. The summed E-state index contributed by atoms with van der Waals surface area (Å²) in [5.74, 6) is -0.435. The number of ether oxygens (including phenoxy) is 1. The van der Waals surface area contributed by atoms with E-state index in [0.717, 1.165) is 18.3 Å². The molecule has 1 atom stereocenters. The summed E-state index contributed by atoms with van der Waals surface area (Å²) < 4.78 is 121. The topological polar surface area (TPSA) is 28.6 Å². The standard InChI is InChI=1S/C25H20F9N3O/c26-23(27,28)10-11-37-20-7-2-1-6-19(20)36(14-16-4-3-5-18(12-16)38-25(32,33)34)15-21(37)17-8-9-22(35-13-17)24(29,30)31/h1-9,12-13,21H,10-11,14-15H2/t21-/m0/s1. The molecule has 1 aromatic heterocycles. The van der Waals surface area contributed by atoms with E-state index in [1.807, 2.05) is 0 Å². The number of nitrogens with zero attached hydrogens (tertiary/aromatic N) is 3. The molecule has 204 valence electrons. The van der Waals surface area contributed by atoms with Gasteiger partial charge in [0.25, 0.3) is 0 Å². The molecule has 38 heavy (non-hydrogen) atoms. The summed E-state index contributed by atoms with van der Waals surface area (Å²) in [6.45, 7) is -0.370. The Bertz CT molecular complexity index is 1240. The number of rotatable bonds is 6. The molecule has 0 unspecified atom stereocenters. The number of hydrogen-bond acceptors (Lipinski definition) is 4. The normalized spacial score (nSPS) is 16.4. The molecule has 3 aromatic rings. The van der Waals surface area contributed by atoms with Gasteiger partial charge in [-0.25, -0.2) is 0 Å². The molecule has 0 radical (unpaired) electrons. The van der Waals surface area contributed by atoms with Gasteiger partial charge in [-0.05, 0) is 41.5 Å². The molecule has 0 saturated carbocycles. The zero-order valence-corrected chi connectivity index (χ0v) is 19.4. The lowest BCUT2D eigenvalue weighted by atomic mass is 9.99. The first kappa shape index (κ1) is 27.4. The van der Waals surface area contributed by atoms with E-state index in [4.69, 9.17) is 0 Å². The zero-order valence-electron chi connectivity index (χ0n) is 19.4. The van der Waals surface area contributed by atoms with Crippen LogP contribution in [-0.4, -0.2) is 30.6 Å². The molecule has 0 fully saturated rings. The van der Waals surface area contributed by atoms with Gasteiger partial charge in [-0.15, -0.1) is 13.2 Å². The molecule has 13 heteroatoms. The predicted molar refractivity (Wildman–Crippen MR) is 121 cm³/mol. The van der Waals surface area contributed by atoms with Crippen LogP contribution >= 0.6 is 0 Å². The Morgan fingerprint density at radius 2 is 1.55 bits per heavy atom. The summed E-state index contributed by atoms with van der Waals surface area (Å²) in [5.41, 5.74) is 0.463. The summed E-state index contributed by atoms with van der Waals surface area (Å²) in [4.78, 5) is 6.67. The Morgan fingerprint density at radius 3 is 2.16 bits per heavy atom. The lowest BCUT2D eigenvalue weighted by molar-refractivity contribution is -0.274. The Hall–Kier alpha value is -3.64. The predicted octanol–water partition coefficient (Wildman–Crippen LogP) is 7.52. The van der Waals surface area contributed by atoms with Crippen LogP contribution in [0.5, 0.6) is 5.75 Å². The van der Waals surface area contributed by atoms with Crippen molar-refractivity contribution in [1.29, 1.82) is 0 Å². The van der Waals surface area contributed by atoms with Crippen LogP contribution in [0.3, 0.4) is 0 Å². The van der Waals surface area contributed by atoms with Gasteiger partial charge in [0, 0.05) is 25.8 Å². The number of halogens is 9. The van der Waals surface area contributed by atoms with Crippen molar-refractivity contribution in [2.45, 2.75) is 37.7 Å². The van der Waals surface area contributed by atoms with Gasteiger partial charge in [0.05, 0.1) is 23.8 Å². The van der Waals surface area contributed by atoms with Crippen LogP contribution in [0.15, 0.2) is 66.9 Å². The summed E-state index contributed by atoms with van der Waals surface area (Å²) in [7, 11) is 0. The van der Waals surface area contributed by atoms with Gasteiger partial charge in [-0.2, -0.15) is 26.3 Å². The SMILES string of the molecule is FC(F)(F)CCN1c2ccccc2N(Cc2cccc(OC(F)(F)F)c2)C[C@H]1c1ccc(C(F)(F)F)nc1. The molecule has 0 aliphatic carbocycles. The summed E-state index contributed by atoms with van der Waals surface area (Å²) in [6.07, 6.45) is -14.2. The summed E-state index contributed by atoms with van der Waals surface area (Å²) in [6, 6.07) is 12.9. The molecular formula is C25H20F9N3O. The van der Waals surface area contributed by atoms with Gasteiger partial charge in [0.2, 0.25) is 0 Å². The van der Waals surface area contributed by atoms with E-state index in [2.05, 4.69) is 9.72 Å². The zero-order chi connectivity index (χ0) is 27.7. The van der Waals surface area contributed by atoms with Crippen molar-refractivity contribution in [3.05, 3.63) is 83.7 Å². The van der Waals surface area contributed by atoms with Crippen LogP contribution in [-0.2, 0) is 12.7 Å². The maximum atomic E-state index is 13.2. The van der Waals surface area contributed by atoms with Crippen molar-refractivity contribution in [2.24, 2.45) is 0 Å². The van der Waals surface area contributed by atoms with Gasteiger partial charge < -0.3 is 14.5 Å². The third-order valence-electron chi connectivity index (χ3n) is 5.90. The quantitative estimate of drug-likeness (QED) is 0.298. The van der Waals surface area contributed by atoms with Gasteiger partial charge in [-0.1, -0.05) is 30.3 Å². The Labute approximate surface area is 211 Å². The second kappa shape index (κ2) is 10.3. The van der Waals surface area contributed by atoms with Gasteiger partial charge in [0.1, 0.15) is 11.4 Å². The van der Waals surface area contributed by atoms with Crippen LogP contribution in [0.2, 0.25) is 0 Å². The van der Waals surface area contributed by atoms with Crippen molar-refractivity contribution in [2.75, 3.05) is 22.9 Å². The summed E-state index contributed by atoms with van der Waals surface area (Å²) >= 11 is 0. The summed E-state index contributed by atoms with van der Waals surface area (Å²) in [5, 5.41) is 0. The minimum atomic E-state index is -4.89. The Balaban J connectivity index is 1.71. The van der Waals surface area contributed by atoms with Crippen molar-refractivity contribution in [3.8, 4) is 5.75 Å². The first-order chi connectivity index (χ1) is 17.7. The largest absolute Gasteiger partial charge is 0.573 e. The Morgan fingerprint density at radius 1 is 0.842 bits per heavy atom. The monoisotopic (exact) mass is 549 g/mol. The molecule has 2 aromatic carbocycles. The van der Waals surface area contributed by atoms with E-state index >= 15 is 0 Å².